The highest BCUT2D eigenvalue weighted by Gasteiger charge is 2.14. The SMILES string of the molecule is O/N=C(/c1ccc(F)c(O)c1)c1ccc(Br)cc1O. The van der Waals surface area contributed by atoms with Crippen molar-refractivity contribution in [2.75, 3.05) is 0 Å². The van der Waals surface area contributed by atoms with Gasteiger partial charge in [0.05, 0.1) is 0 Å². The van der Waals surface area contributed by atoms with Gasteiger partial charge in [0.1, 0.15) is 11.5 Å². The van der Waals surface area contributed by atoms with Gasteiger partial charge in [-0.25, -0.2) is 4.39 Å². The summed E-state index contributed by atoms with van der Waals surface area (Å²) >= 11 is 3.19. The summed E-state index contributed by atoms with van der Waals surface area (Å²) in [5.41, 5.74) is 0.566. The Labute approximate surface area is 116 Å². The quantitative estimate of drug-likeness (QED) is 0.451. The van der Waals surface area contributed by atoms with Crippen molar-refractivity contribution in [1.82, 2.24) is 0 Å². The molecule has 4 nitrogen and oxygen atoms in total. The Balaban J connectivity index is 2.53. The van der Waals surface area contributed by atoms with Crippen LogP contribution in [0.15, 0.2) is 46.0 Å². The Bertz CT molecular complexity index is 658. The Kier molecular flexibility index (Phi) is 3.71. The summed E-state index contributed by atoms with van der Waals surface area (Å²) in [5, 5.41) is 31.3. The standard InChI is InChI=1S/C13H9BrFNO3/c14-8-2-3-9(11(17)6-8)13(16-19)7-1-4-10(15)12(18)5-7/h1-6,17-19H/b16-13-. The van der Waals surface area contributed by atoms with Gasteiger partial charge in [-0.3, -0.25) is 0 Å². The van der Waals surface area contributed by atoms with Crippen LogP contribution in [0.1, 0.15) is 11.1 Å². The van der Waals surface area contributed by atoms with E-state index in [0.717, 1.165) is 12.1 Å². The zero-order chi connectivity index (χ0) is 14.0. The molecule has 6 heteroatoms. The van der Waals surface area contributed by atoms with Gasteiger partial charge in [0.25, 0.3) is 0 Å². The molecule has 0 aliphatic rings. The van der Waals surface area contributed by atoms with Crippen molar-refractivity contribution >= 4 is 21.6 Å². The summed E-state index contributed by atoms with van der Waals surface area (Å²) in [6.07, 6.45) is 0. The van der Waals surface area contributed by atoms with Gasteiger partial charge in [0.2, 0.25) is 0 Å². The summed E-state index contributed by atoms with van der Waals surface area (Å²) in [4.78, 5) is 0. The van der Waals surface area contributed by atoms with Crippen molar-refractivity contribution in [3.05, 3.63) is 57.8 Å². The second kappa shape index (κ2) is 5.27. The molecule has 98 valence electrons. The van der Waals surface area contributed by atoms with Gasteiger partial charge < -0.3 is 15.4 Å². The van der Waals surface area contributed by atoms with E-state index < -0.39 is 11.6 Å². The van der Waals surface area contributed by atoms with Crippen LogP contribution >= 0.6 is 15.9 Å². The van der Waals surface area contributed by atoms with Gasteiger partial charge in [0.15, 0.2) is 11.6 Å². The average Bonchev–Trinajstić information content (AvgIpc) is 2.37. The van der Waals surface area contributed by atoms with Crippen LogP contribution in [0.3, 0.4) is 0 Å². The molecule has 0 aromatic heterocycles. The van der Waals surface area contributed by atoms with Crippen molar-refractivity contribution < 1.29 is 19.8 Å². The number of benzene rings is 2. The van der Waals surface area contributed by atoms with E-state index in [9.17, 15) is 14.6 Å². The summed E-state index contributed by atoms with van der Waals surface area (Å²) in [6, 6.07) is 8.13. The highest BCUT2D eigenvalue weighted by Crippen LogP contribution is 2.26. The number of hydrogen-bond acceptors (Lipinski definition) is 4. The number of hydrogen-bond donors (Lipinski definition) is 3. The molecule has 0 aliphatic carbocycles. The molecule has 2 rings (SSSR count). The molecular weight excluding hydrogens is 317 g/mol. The Morgan fingerprint density at radius 2 is 1.79 bits per heavy atom. The molecule has 0 amide bonds. The zero-order valence-corrected chi connectivity index (χ0v) is 11.1. The van der Waals surface area contributed by atoms with Crippen molar-refractivity contribution in [2.45, 2.75) is 0 Å². The number of rotatable bonds is 2. The molecule has 0 fully saturated rings. The van der Waals surface area contributed by atoms with E-state index in [0.29, 0.717) is 4.47 Å². The van der Waals surface area contributed by atoms with E-state index in [1.807, 2.05) is 0 Å². The molecule has 19 heavy (non-hydrogen) atoms. The molecule has 3 N–H and O–H groups in total. The van der Waals surface area contributed by atoms with E-state index in [1.165, 1.54) is 18.2 Å². The summed E-state index contributed by atoms with van der Waals surface area (Å²) in [6.45, 7) is 0. The molecule has 0 aliphatic heterocycles. The largest absolute Gasteiger partial charge is 0.507 e. The van der Waals surface area contributed by atoms with Crippen LogP contribution in [0, 0.1) is 5.82 Å². The summed E-state index contributed by atoms with van der Waals surface area (Å²) < 4.78 is 13.7. The Morgan fingerprint density at radius 3 is 2.37 bits per heavy atom. The molecule has 0 unspecified atom stereocenters. The van der Waals surface area contributed by atoms with Gasteiger partial charge in [-0.2, -0.15) is 0 Å². The van der Waals surface area contributed by atoms with Gasteiger partial charge in [0, 0.05) is 15.6 Å². The van der Waals surface area contributed by atoms with Gasteiger partial charge in [-0.05, 0) is 36.4 Å². The minimum Gasteiger partial charge on any atom is -0.507 e. The van der Waals surface area contributed by atoms with Crippen LogP contribution in [-0.4, -0.2) is 21.1 Å². The van der Waals surface area contributed by atoms with Gasteiger partial charge >= 0.3 is 0 Å². The second-order valence-corrected chi connectivity index (χ2v) is 4.69. The third kappa shape index (κ3) is 2.68. The fraction of sp³-hybridized carbons (Fsp3) is 0. The average molecular weight is 326 g/mol. The molecule has 0 radical (unpaired) electrons. The van der Waals surface area contributed by atoms with Crippen LogP contribution in [0.25, 0.3) is 0 Å². The molecule has 2 aromatic rings. The van der Waals surface area contributed by atoms with Gasteiger partial charge in [-0.1, -0.05) is 21.1 Å². The molecule has 0 saturated carbocycles. The molecule has 0 spiro atoms. The molecule has 0 atom stereocenters. The first-order chi connectivity index (χ1) is 9.02. The predicted octanol–water partition coefficient (Wildman–Crippen LogP) is 3.23. The van der Waals surface area contributed by atoms with Crippen molar-refractivity contribution in [3.63, 3.8) is 0 Å². The van der Waals surface area contributed by atoms with Crippen LogP contribution in [0.2, 0.25) is 0 Å². The highest BCUT2D eigenvalue weighted by atomic mass is 79.9. The lowest BCUT2D eigenvalue weighted by molar-refractivity contribution is 0.319. The fourth-order valence-electron chi connectivity index (χ4n) is 1.63. The lowest BCUT2D eigenvalue weighted by Crippen LogP contribution is -2.04. The predicted molar refractivity (Wildman–Crippen MR) is 71.3 cm³/mol. The number of nitrogens with zero attached hydrogens (tertiary/aromatic N) is 1. The van der Waals surface area contributed by atoms with Gasteiger partial charge in [-0.15, -0.1) is 0 Å². The van der Waals surface area contributed by atoms with Crippen LogP contribution in [-0.2, 0) is 0 Å². The normalized spacial score (nSPS) is 11.6. The van der Waals surface area contributed by atoms with E-state index in [2.05, 4.69) is 21.1 Å². The van der Waals surface area contributed by atoms with Crippen LogP contribution < -0.4 is 0 Å². The number of halogens is 2. The first-order valence-corrected chi connectivity index (χ1v) is 6.02. The third-order valence-electron chi connectivity index (χ3n) is 2.53. The second-order valence-electron chi connectivity index (χ2n) is 3.78. The maximum Gasteiger partial charge on any atom is 0.164 e. The number of oxime groups is 1. The Hall–Kier alpha value is -2.08. The number of phenols is 2. The first-order valence-electron chi connectivity index (χ1n) is 5.22. The minimum atomic E-state index is -0.777. The highest BCUT2D eigenvalue weighted by molar-refractivity contribution is 9.10. The number of phenolic OH excluding ortho intramolecular Hbond substituents is 2. The first kappa shape index (κ1) is 13.4. The maximum atomic E-state index is 13.0. The van der Waals surface area contributed by atoms with Crippen molar-refractivity contribution in [2.24, 2.45) is 5.16 Å². The maximum absolute atomic E-state index is 13.0. The van der Waals surface area contributed by atoms with Crippen LogP contribution in [0.5, 0.6) is 11.5 Å². The van der Waals surface area contributed by atoms with E-state index in [-0.39, 0.29) is 22.6 Å². The topological polar surface area (TPSA) is 73.1 Å². The summed E-state index contributed by atoms with van der Waals surface area (Å²) in [7, 11) is 0. The molecule has 2 aromatic carbocycles. The lowest BCUT2D eigenvalue weighted by Gasteiger charge is -2.08. The number of aromatic hydroxyl groups is 2. The third-order valence-corrected chi connectivity index (χ3v) is 3.03. The smallest absolute Gasteiger partial charge is 0.164 e. The molecular formula is C13H9BrFNO3. The minimum absolute atomic E-state index is 0.0281. The molecule has 0 heterocycles. The van der Waals surface area contributed by atoms with Crippen molar-refractivity contribution in [1.29, 1.82) is 0 Å². The van der Waals surface area contributed by atoms with E-state index >= 15 is 0 Å². The van der Waals surface area contributed by atoms with Crippen LogP contribution in [0.4, 0.5) is 4.39 Å². The zero-order valence-electron chi connectivity index (χ0n) is 9.51. The molecule has 0 saturated heterocycles. The fourth-order valence-corrected chi connectivity index (χ4v) is 1.98. The summed E-state index contributed by atoms with van der Waals surface area (Å²) in [5.74, 6) is -1.44. The lowest BCUT2D eigenvalue weighted by atomic mass is 10.0. The Morgan fingerprint density at radius 1 is 1.05 bits per heavy atom. The van der Waals surface area contributed by atoms with E-state index in [4.69, 9.17) is 5.21 Å². The monoisotopic (exact) mass is 325 g/mol. The molecule has 0 bridgehead atoms. The van der Waals surface area contributed by atoms with Crippen molar-refractivity contribution in [3.8, 4) is 11.5 Å². The van der Waals surface area contributed by atoms with E-state index in [1.54, 1.807) is 6.07 Å².